The zero-order valence-corrected chi connectivity index (χ0v) is 18.5. The van der Waals surface area contributed by atoms with Crippen LogP contribution >= 0.6 is 0 Å². The number of amides is 1. The van der Waals surface area contributed by atoms with Crippen LogP contribution in [0.1, 0.15) is 23.2 Å². The Hall–Kier alpha value is -3.20. The van der Waals surface area contributed by atoms with Gasteiger partial charge in [0.25, 0.3) is 0 Å². The van der Waals surface area contributed by atoms with E-state index in [2.05, 4.69) is 10.5 Å². The molecule has 0 aliphatic heterocycles. The third-order valence-electron chi connectivity index (χ3n) is 4.98. The van der Waals surface area contributed by atoms with Crippen LogP contribution in [0.2, 0.25) is 0 Å². The molecule has 3 aromatic rings. The Kier molecular flexibility index (Phi) is 6.45. The second-order valence-electron chi connectivity index (χ2n) is 7.16. The lowest BCUT2D eigenvalue weighted by Crippen LogP contribution is -2.18. The molecule has 0 aliphatic rings. The number of sulfone groups is 1. The zero-order chi connectivity index (χ0) is 22.8. The number of carbonyl (C=O) groups excluding carboxylic acids is 1. The number of hydrogen-bond donors (Lipinski definition) is 1. The van der Waals surface area contributed by atoms with Gasteiger partial charge in [-0.05, 0) is 62.7 Å². The van der Waals surface area contributed by atoms with Crippen molar-refractivity contribution < 1.29 is 26.9 Å². The molecular formula is C22H23FN2O5S. The molecule has 0 spiro atoms. The monoisotopic (exact) mass is 446 g/mol. The minimum atomic E-state index is -3.85. The summed E-state index contributed by atoms with van der Waals surface area (Å²) in [5.41, 5.74) is 3.04. The normalized spacial score (nSPS) is 11.4. The van der Waals surface area contributed by atoms with Crippen LogP contribution in [-0.4, -0.2) is 32.3 Å². The van der Waals surface area contributed by atoms with E-state index in [0.29, 0.717) is 28.3 Å². The summed E-state index contributed by atoms with van der Waals surface area (Å²) in [7, 11) is -2.47. The topological polar surface area (TPSA) is 98.5 Å². The van der Waals surface area contributed by atoms with E-state index in [4.69, 9.17) is 9.26 Å². The molecule has 0 saturated carbocycles. The summed E-state index contributed by atoms with van der Waals surface area (Å²) in [6.45, 7) is 5.28. The van der Waals surface area contributed by atoms with E-state index in [0.717, 1.165) is 5.56 Å². The van der Waals surface area contributed by atoms with Gasteiger partial charge in [0.05, 0.1) is 18.6 Å². The zero-order valence-electron chi connectivity index (χ0n) is 17.7. The number of nitrogens with zero attached hydrogens (tertiary/aromatic N) is 1. The molecular weight excluding hydrogens is 423 g/mol. The summed E-state index contributed by atoms with van der Waals surface area (Å²) in [6.07, 6.45) is -0.271. The summed E-state index contributed by atoms with van der Waals surface area (Å²) >= 11 is 0. The van der Waals surface area contributed by atoms with E-state index in [-0.39, 0.29) is 17.1 Å². The van der Waals surface area contributed by atoms with Crippen molar-refractivity contribution in [2.45, 2.75) is 32.1 Å². The fourth-order valence-electron chi connectivity index (χ4n) is 3.06. The smallest absolute Gasteiger partial charge is 0.225 e. The number of aryl methyl sites for hydroxylation is 2. The molecule has 31 heavy (non-hydrogen) atoms. The molecule has 1 amide bonds. The van der Waals surface area contributed by atoms with Gasteiger partial charge in [0.2, 0.25) is 5.91 Å². The maximum absolute atomic E-state index is 13.2. The standard InChI is InChI=1S/C22H23FN2O5S/c1-13-11-17(23)6-7-18(13)24-21(26)9-10-31(27,28)20-12-16(5-8-19(20)29-4)22-14(2)15(3)25-30-22/h5-8,11-12H,9-10H2,1-4H3,(H,24,26). The average molecular weight is 447 g/mol. The van der Waals surface area contributed by atoms with Gasteiger partial charge in [0.1, 0.15) is 16.5 Å². The lowest BCUT2D eigenvalue weighted by molar-refractivity contribution is -0.115. The first-order valence-corrected chi connectivity index (χ1v) is 11.2. The molecule has 0 atom stereocenters. The summed E-state index contributed by atoms with van der Waals surface area (Å²) < 4.78 is 49.8. The van der Waals surface area contributed by atoms with E-state index in [1.54, 1.807) is 26.0 Å². The van der Waals surface area contributed by atoms with Crippen molar-refractivity contribution in [1.82, 2.24) is 5.16 Å². The third kappa shape index (κ3) is 4.93. The molecule has 3 rings (SSSR count). The molecule has 0 bridgehead atoms. The van der Waals surface area contributed by atoms with E-state index in [1.807, 2.05) is 6.92 Å². The first-order chi connectivity index (χ1) is 14.6. The molecule has 0 radical (unpaired) electrons. The van der Waals surface area contributed by atoms with Crippen molar-refractivity contribution in [1.29, 1.82) is 0 Å². The van der Waals surface area contributed by atoms with Gasteiger partial charge in [-0.1, -0.05) is 5.16 Å². The lowest BCUT2D eigenvalue weighted by Gasteiger charge is -2.12. The van der Waals surface area contributed by atoms with Gasteiger partial charge in [-0.2, -0.15) is 0 Å². The number of anilines is 1. The van der Waals surface area contributed by atoms with Crippen molar-refractivity contribution in [3.8, 4) is 17.1 Å². The summed E-state index contributed by atoms with van der Waals surface area (Å²) in [4.78, 5) is 12.3. The van der Waals surface area contributed by atoms with E-state index in [9.17, 15) is 17.6 Å². The van der Waals surface area contributed by atoms with Crippen molar-refractivity contribution in [2.75, 3.05) is 18.2 Å². The van der Waals surface area contributed by atoms with Crippen LogP contribution in [0.25, 0.3) is 11.3 Å². The molecule has 164 valence electrons. The second kappa shape index (κ2) is 8.89. The van der Waals surface area contributed by atoms with Gasteiger partial charge < -0.3 is 14.6 Å². The number of carbonyl (C=O) groups is 1. The van der Waals surface area contributed by atoms with E-state index in [1.165, 1.54) is 31.4 Å². The number of rotatable bonds is 7. The Bertz CT molecular complexity index is 1230. The maximum Gasteiger partial charge on any atom is 0.225 e. The largest absolute Gasteiger partial charge is 0.495 e. The van der Waals surface area contributed by atoms with Crippen LogP contribution in [0.4, 0.5) is 10.1 Å². The molecule has 0 fully saturated rings. The molecule has 1 N–H and O–H groups in total. The van der Waals surface area contributed by atoms with Crippen LogP contribution in [0, 0.1) is 26.6 Å². The molecule has 1 heterocycles. The van der Waals surface area contributed by atoms with Gasteiger partial charge in [0.15, 0.2) is 15.6 Å². The predicted molar refractivity (Wildman–Crippen MR) is 114 cm³/mol. The number of halogens is 1. The first-order valence-electron chi connectivity index (χ1n) is 9.52. The second-order valence-corrected chi connectivity index (χ2v) is 9.24. The van der Waals surface area contributed by atoms with E-state index < -0.39 is 27.3 Å². The molecule has 7 nitrogen and oxygen atoms in total. The number of benzene rings is 2. The number of aromatic nitrogens is 1. The number of methoxy groups -OCH3 is 1. The minimum Gasteiger partial charge on any atom is -0.495 e. The highest BCUT2D eigenvalue weighted by atomic mass is 32.2. The maximum atomic E-state index is 13.2. The highest BCUT2D eigenvalue weighted by Gasteiger charge is 2.23. The lowest BCUT2D eigenvalue weighted by atomic mass is 10.1. The van der Waals surface area contributed by atoms with Gasteiger partial charge in [-0.3, -0.25) is 4.79 Å². The first kappa shape index (κ1) is 22.5. The Balaban J connectivity index is 1.81. The van der Waals surface area contributed by atoms with Gasteiger partial charge in [-0.15, -0.1) is 0 Å². The molecule has 2 aromatic carbocycles. The molecule has 1 aromatic heterocycles. The van der Waals surface area contributed by atoms with Crippen LogP contribution < -0.4 is 10.1 Å². The Morgan fingerprint density at radius 2 is 1.90 bits per heavy atom. The van der Waals surface area contributed by atoms with Crippen LogP contribution in [0.15, 0.2) is 45.8 Å². The van der Waals surface area contributed by atoms with Gasteiger partial charge in [-0.25, -0.2) is 12.8 Å². The van der Waals surface area contributed by atoms with Crippen LogP contribution in [0.3, 0.4) is 0 Å². The highest BCUT2D eigenvalue weighted by Crippen LogP contribution is 2.33. The highest BCUT2D eigenvalue weighted by molar-refractivity contribution is 7.91. The number of ether oxygens (including phenoxy) is 1. The molecule has 0 unspecified atom stereocenters. The van der Waals surface area contributed by atoms with Crippen molar-refractivity contribution in [2.24, 2.45) is 0 Å². The van der Waals surface area contributed by atoms with Crippen molar-refractivity contribution in [3.63, 3.8) is 0 Å². The minimum absolute atomic E-state index is 0.0354. The van der Waals surface area contributed by atoms with Crippen LogP contribution in [-0.2, 0) is 14.6 Å². The van der Waals surface area contributed by atoms with Crippen molar-refractivity contribution in [3.05, 3.63) is 59.0 Å². The molecule has 9 heteroatoms. The molecule has 0 saturated heterocycles. The van der Waals surface area contributed by atoms with Crippen LogP contribution in [0.5, 0.6) is 5.75 Å². The summed E-state index contributed by atoms with van der Waals surface area (Å²) in [6, 6.07) is 8.64. The Labute approximate surface area is 180 Å². The Morgan fingerprint density at radius 3 is 2.52 bits per heavy atom. The fraction of sp³-hybridized carbons (Fsp3) is 0.273. The van der Waals surface area contributed by atoms with Gasteiger partial charge in [0, 0.05) is 23.2 Å². The third-order valence-corrected chi connectivity index (χ3v) is 6.71. The fourth-order valence-corrected chi connectivity index (χ4v) is 4.50. The Morgan fingerprint density at radius 1 is 1.16 bits per heavy atom. The predicted octanol–water partition coefficient (Wildman–Crippen LogP) is 4.22. The molecule has 0 aliphatic carbocycles. The average Bonchev–Trinajstić information content (AvgIpc) is 3.06. The van der Waals surface area contributed by atoms with Crippen molar-refractivity contribution >= 4 is 21.4 Å². The van der Waals surface area contributed by atoms with Gasteiger partial charge >= 0.3 is 0 Å². The summed E-state index contributed by atoms with van der Waals surface area (Å²) in [5, 5.41) is 6.52. The summed E-state index contributed by atoms with van der Waals surface area (Å²) in [5.74, 6) is -0.682. The van der Waals surface area contributed by atoms with E-state index >= 15 is 0 Å². The number of hydrogen-bond acceptors (Lipinski definition) is 6. The SMILES string of the molecule is COc1ccc(-c2onc(C)c2C)cc1S(=O)(=O)CCC(=O)Nc1ccc(F)cc1C. The number of nitrogens with one attached hydrogen (secondary N) is 1. The quantitative estimate of drug-likeness (QED) is 0.584.